The summed E-state index contributed by atoms with van der Waals surface area (Å²) in [5.74, 6) is -1.02. The highest BCUT2D eigenvalue weighted by Crippen LogP contribution is 2.13. The first kappa shape index (κ1) is 18.6. The van der Waals surface area contributed by atoms with Crippen LogP contribution in [0.2, 0.25) is 0 Å². The summed E-state index contributed by atoms with van der Waals surface area (Å²) in [6, 6.07) is 17.0. The molecule has 1 aliphatic heterocycles. The minimum atomic E-state index is -0.480. The normalized spacial score (nSPS) is 14.4. The van der Waals surface area contributed by atoms with Gasteiger partial charge in [0.25, 0.3) is 5.91 Å². The highest BCUT2D eigenvalue weighted by Gasteiger charge is 2.30. The molecule has 0 saturated carbocycles. The van der Waals surface area contributed by atoms with Crippen molar-refractivity contribution in [3.63, 3.8) is 0 Å². The summed E-state index contributed by atoms with van der Waals surface area (Å²) in [4.78, 5) is 41.1. The van der Waals surface area contributed by atoms with Crippen LogP contribution in [-0.4, -0.2) is 59.6 Å². The molecule has 0 atom stereocenters. The summed E-state index contributed by atoms with van der Waals surface area (Å²) in [6.07, 6.45) is 0. The van der Waals surface area contributed by atoms with Crippen molar-refractivity contribution in [1.82, 2.24) is 14.7 Å². The molecule has 27 heavy (non-hydrogen) atoms. The van der Waals surface area contributed by atoms with Crippen molar-refractivity contribution < 1.29 is 14.4 Å². The molecule has 0 unspecified atom stereocenters. The van der Waals surface area contributed by atoms with E-state index in [4.69, 9.17) is 0 Å². The topological polar surface area (TPSA) is 60.9 Å². The van der Waals surface area contributed by atoms with Crippen molar-refractivity contribution in [3.8, 4) is 0 Å². The highest BCUT2D eigenvalue weighted by molar-refractivity contribution is 6.35. The van der Waals surface area contributed by atoms with E-state index in [1.807, 2.05) is 42.5 Å². The van der Waals surface area contributed by atoms with E-state index in [2.05, 4.69) is 0 Å². The van der Waals surface area contributed by atoms with Gasteiger partial charge < -0.3 is 14.7 Å². The number of amides is 3. The molecule has 0 bridgehead atoms. The smallest absolute Gasteiger partial charge is 0.312 e. The molecule has 1 saturated heterocycles. The molecule has 6 heteroatoms. The van der Waals surface area contributed by atoms with Gasteiger partial charge in [-0.15, -0.1) is 0 Å². The first-order valence-corrected chi connectivity index (χ1v) is 8.88. The average Bonchev–Trinajstić information content (AvgIpc) is 2.69. The van der Waals surface area contributed by atoms with Gasteiger partial charge in [0, 0.05) is 45.8 Å². The van der Waals surface area contributed by atoms with Gasteiger partial charge in [-0.1, -0.05) is 42.5 Å². The maximum atomic E-state index is 12.6. The fraction of sp³-hybridized carbons (Fsp3) is 0.286. The Morgan fingerprint density at radius 1 is 0.926 bits per heavy atom. The van der Waals surface area contributed by atoms with E-state index in [1.165, 1.54) is 4.90 Å². The van der Waals surface area contributed by atoms with Crippen LogP contribution in [-0.2, 0) is 22.7 Å². The molecule has 0 aliphatic carbocycles. The lowest BCUT2D eigenvalue weighted by Crippen LogP contribution is -2.52. The van der Waals surface area contributed by atoms with Crippen molar-refractivity contribution in [1.29, 1.82) is 0 Å². The van der Waals surface area contributed by atoms with Gasteiger partial charge in [0.15, 0.2) is 0 Å². The van der Waals surface area contributed by atoms with Gasteiger partial charge in [-0.05, 0) is 23.3 Å². The first-order valence-electron chi connectivity index (χ1n) is 8.88. The van der Waals surface area contributed by atoms with E-state index >= 15 is 0 Å². The molecule has 0 radical (unpaired) electrons. The van der Waals surface area contributed by atoms with Gasteiger partial charge in [-0.2, -0.15) is 0 Å². The lowest BCUT2D eigenvalue weighted by molar-refractivity contribution is -0.155. The standard InChI is InChI=1S/C21H23N3O3/c1-22-12-13-24(21(27)20(22)26)15-17-8-10-18(11-9-17)19(25)23(2)14-16-6-4-3-5-7-16/h3-11H,12-15H2,1-2H3. The van der Waals surface area contributed by atoms with Crippen LogP contribution < -0.4 is 0 Å². The first-order chi connectivity index (χ1) is 13.0. The average molecular weight is 365 g/mol. The fourth-order valence-corrected chi connectivity index (χ4v) is 3.05. The molecule has 1 aliphatic rings. The molecular weight excluding hydrogens is 342 g/mol. The quantitative estimate of drug-likeness (QED) is 0.759. The predicted molar refractivity (Wildman–Crippen MR) is 102 cm³/mol. The van der Waals surface area contributed by atoms with Crippen LogP contribution in [0.3, 0.4) is 0 Å². The maximum absolute atomic E-state index is 12.6. The Labute approximate surface area is 159 Å². The van der Waals surface area contributed by atoms with Crippen LogP contribution in [0.25, 0.3) is 0 Å². The number of carbonyl (C=O) groups is 3. The Hall–Kier alpha value is -3.15. The third-order valence-corrected chi connectivity index (χ3v) is 4.71. The van der Waals surface area contributed by atoms with Crippen molar-refractivity contribution in [2.24, 2.45) is 0 Å². The van der Waals surface area contributed by atoms with Gasteiger partial charge in [0.05, 0.1) is 0 Å². The summed E-state index contributed by atoms with van der Waals surface area (Å²) in [7, 11) is 3.40. The lowest BCUT2D eigenvalue weighted by Gasteiger charge is -2.31. The van der Waals surface area contributed by atoms with Crippen molar-refractivity contribution in [2.75, 3.05) is 27.2 Å². The van der Waals surface area contributed by atoms with Crippen LogP contribution in [0, 0.1) is 0 Å². The molecule has 3 amide bonds. The fourth-order valence-electron chi connectivity index (χ4n) is 3.05. The monoisotopic (exact) mass is 365 g/mol. The van der Waals surface area contributed by atoms with Crippen LogP contribution in [0.15, 0.2) is 54.6 Å². The minimum absolute atomic E-state index is 0.0590. The Bertz CT molecular complexity index is 834. The van der Waals surface area contributed by atoms with Gasteiger partial charge in [0.2, 0.25) is 0 Å². The molecule has 1 fully saturated rings. The van der Waals surface area contributed by atoms with Crippen LogP contribution in [0.1, 0.15) is 21.5 Å². The zero-order chi connectivity index (χ0) is 19.4. The summed E-state index contributed by atoms with van der Waals surface area (Å²) >= 11 is 0. The Balaban J connectivity index is 1.62. The maximum Gasteiger partial charge on any atom is 0.312 e. The van der Waals surface area contributed by atoms with Crippen molar-refractivity contribution >= 4 is 17.7 Å². The molecule has 0 N–H and O–H groups in total. The summed E-state index contributed by atoms with van der Waals surface area (Å²) in [5, 5.41) is 0. The number of benzene rings is 2. The van der Waals surface area contributed by atoms with Gasteiger partial charge >= 0.3 is 11.8 Å². The SMILES string of the molecule is CN1CCN(Cc2ccc(C(=O)N(C)Cc3ccccc3)cc2)C(=O)C1=O. The third kappa shape index (κ3) is 4.34. The van der Waals surface area contributed by atoms with Crippen LogP contribution in [0.5, 0.6) is 0 Å². The highest BCUT2D eigenvalue weighted by atomic mass is 16.2. The second kappa shape index (κ2) is 8.03. The predicted octanol–water partition coefficient (Wildman–Crippen LogP) is 1.76. The van der Waals surface area contributed by atoms with E-state index in [0.29, 0.717) is 31.7 Å². The number of likely N-dealkylation sites (N-methyl/N-ethyl adjacent to an activating group) is 1. The van der Waals surface area contributed by atoms with Gasteiger partial charge in [-0.25, -0.2) is 0 Å². The van der Waals surface area contributed by atoms with Crippen molar-refractivity contribution in [2.45, 2.75) is 13.1 Å². The van der Waals surface area contributed by atoms with E-state index in [-0.39, 0.29) is 5.91 Å². The summed E-state index contributed by atoms with van der Waals surface area (Å²) in [6.45, 7) is 1.96. The molecular formula is C21H23N3O3. The molecule has 0 spiro atoms. The molecule has 6 nitrogen and oxygen atoms in total. The molecule has 0 aromatic heterocycles. The number of rotatable bonds is 5. The van der Waals surface area contributed by atoms with Crippen LogP contribution >= 0.6 is 0 Å². The van der Waals surface area contributed by atoms with E-state index in [1.54, 1.807) is 36.0 Å². The van der Waals surface area contributed by atoms with E-state index in [0.717, 1.165) is 11.1 Å². The van der Waals surface area contributed by atoms with Gasteiger partial charge in [0.1, 0.15) is 0 Å². The largest absolute Gasteiger partial charge is 0.337 e. The minimum Gasteiger partial charge on any atom is -0.337 e. The zero-order valence-corrected chi connectivity index (χ0v) is 15.6. The summed E-state index contributed by atoms with van der Waals surface area (Å²) < 4.78 is 0. The summed E-state index contributed by atoms with van der Waals surface area (Å²) in [5.41, 5.74) is 2.56. The second-order valence-electron chi connectivity index (χ2n) is 6.80. The molecule has 140 valence electrons. The Morgan fingerprint density at radius 3 is 2.26 bits per heavy atom. The van der Waals surface area contributed by atoms with E-state index in [9.17, 15) is 14.4 Å². The third-order valence-electron chi connectivity index (χ3n) is 4.71. The number of hydrogen-bond donors (Lipinski definition) is 0. The van der Waals surface area contributed by atoms with Crippen LogP contribution in [0.4, 0.5) is 0 Å². The number of carbonyl (C=O) groups excluding carboxylic acids is 3. The Morgan fingerprint density at radius 2 is 1.59 bits per heavy atom. The molecule has 2 aromatic rings. The second-order valence-corrected chi connectivity index (χ2v) is 6.80. The molecule has 2 aromatic carbocycles. The van der Waals surface area contributed by atoms with E-state index < -0.39 is 11.8 Å². The molecule has 3 rings (SSSR count). The number of nitrogens with zero attached hydrogens (tertiary/aromatic N) is 3. The zero-order valence-electron chi connectivity index (χ0n) is 15.6. The number of hydrogen-bond acceptors (Lipinski definition) is 3. The van der Waals surface area contributed by atoms with Gasteiger partial charge in [-0.3, -0.25) is 14.4 Å². The Kier molecular flexibility index (Phi) is 5.54. The number of piperazine rings is 1. The van der Waals surface area contributed by atoms with Crippen molar-refractivity contribution in [3.05, 3.63) is 71.3 Å². The molecule has 1 heterocycles. The lowest BCUT2D eigenvalue weighted by atomic mass is 10.1.